The van der Waals surface area contributed by atoms with Gasteiger partial charge in [0.2, 0.25) is 0 Å². The molecule has 0 heterocycles. The number of hydrogen-bond acceptors (Lipinski definition) is 2. The van der Waals surface area contributed by atoms with Gasteiger partial charge in [-0.25, -0.2) is 0 Å². The molecule has 0 aliphatic rings. The van der Waals surface area contributed by atoms with Crippen LogP contribution in [0.15, 0.2) is 0 Å². The maximum absolute atomic E-state index is 10.1. The van der Waals surface area contributed by atoms with Gasteiger partial charge in [0.1, 0.15) is 0 Å². The van der Waals surface area contributed by atoms with Crippen molar-refractivity contribution in [3.8, 4) is 0 Å². The first-order chi connectivity index (χ1) is 6.13. The average molecular weight is 350 g/mol. The SMILES string of the molecule is Br.Br.O=C(O)CCCCCCCC(=O)O. The molecule has 92 valence electrons. The largest absolute Gasteiger partial charge is 0.481 e. The highest BCUT2D eigenvalue weighted by Gasteiger charge is 1.98. The normalized spacial score (nSPS) is 8.53. The molecule has 0 saturated carbocycles. The van der Waals surface area contributed by atoms with E-state index in [9.17, 15) is 9.59 Å². The molecule has 0 saturated heterocycles. The summed E-state index contributed by atoms with van der Waals surface area (Å²) < 4.78 is 0. The quantitative estimate of drug-likeness (QED) is 0.660. The third-order valence-electron chi connectivity index (χ3n) is 1.78. The van der Waals surface area contributed by atoms with E-state index < -0.39 is 11.9 Å². The van der Waals surface area contributed by atoms with Crippen LogP contribution in [0.1, 0.15) is 44.9 Å². The van der Waals surface area contributed by atoms with Crippen LogP contribution in [0.2, 0.25) is 0 Å². The van der Waals surface area contributed by atoms with E-state index in [1.54, 1.807) is 0 Å². The Kier molecular flexibility index (Phi) is 18.8. The fourth-order valence-corrected chi connectivity index (χ4v) is 1.08. The van der Waals surface area contributed by atoms with E-state index >= 15 is 0 Å². The van der Waals surface area contributed by atoms with Gasteiger partial charge in [-0.3, -0.25) is 9.59 Å². The first kappa shape index (κ1) is 20.3. The van der Waals surface area contributed by atoms with Crippen molar-refractivity contribution in [3.05, 3.63) is 0 Å². The predicted octanol–water partition coefficient (Wildman–Crippen LogP) is 3.04. The second kappa shape index (κ2) is 13.9. The van der Waals surface area contributed by atoms with Gasteiger partial charge in [0.05, 0.1) is 0 Å². The molecule has 0 spiro atoms. The van der Waals surface area contributed by atoms with Gasteiger partial charge >= 0.3 is 11.9 Å². The predicted molar refractivity (Wildman–Crippen MR) is 68.2 cm³/mol. The van der Waals surface area contributed by atoms with Crippen molar-refractivity contribution < 1.29 is 19.8 Å². The van der Waals surface area contributed by atoms with Gasteiger partial charge in [0, 0.05) is 12.8 Å². The van der Waals surface area contributed by atoms with Crippen LogP contribution in [-0.4, -0.2) is 22.2 Å². The molecule has 4 nitrogen and oxygen atoms in total. The fourth-order valence-electron chi connectivity index (χ4n) is 1.08. The summed E-state index contributed by atoms with van der Waals surface area (Å²) in [6.45, 7) is 0. The Morgan fingerprint density at radius 2 is 0.933 bits per heavy atom. The summed E-state index contributed by atoms with van der Waals surface area (Å²) in [6.07, 6.45) is 4.53. The highest BCUT2D eigenvalue weighted by atomic mass is 79.9. The number of rotatable bonds is 8. The molecule has 2 N–H and O–H groups in total. The lowest BCUT2D eigenvalue weighted by Crippen LogP contribution is -1.95. The van der Waals surface area contributed by atoms with Crippen molar-refractivity contribution in [2.45, 2.75) is 44.9 Å². The molecule has 0 aromatic carbocycles. The van der Waals surface area contributed by atoms with Crippen molar-refractivity contribution in [2.75, 3.05) is 0 Å². The highest BCUT2D eigenvalue weighted by Crippen LogP contribution is 2.06. The maximum atomic E-state index is 10.1. The zero-order chi connectivity index (χ0) is 10.1. The molecule has 0 unspecified atom stereocenters. The third kappa shape index (κ3) is 20.1. The zero-order valence-corrected chi connectivity index (χ0v) is 11.9. The number of aliphatic carboxylic acids is 2. The molecule has 0 aliphatic carbocycles. The zero-order valence-electron chi connectivity index (χ0n) is 8.48. The Morgan fingerprint density at radius 3 is 1.20 bits per heavy atom. The van der Waals surface area contributed by atoms with Crippen molar-refractivity contribution in [1.29, 1.82) is 0 Å². The number of hydrogen-bond donors (Lipinski definition) is 2. The van der Waals surface area contributed by atoms with Crippen molar-refractivity contribution in [1.82, 2.24) is 0 Å². The lowest BCUT2D eigenvalue weighted by Gasteiger charge is -1.97. The van der Waals surface area contributed by atoms with Crippen molar-refractivity contribution >= 4 is 45.9 Å². The first-order valence-corrected chi connectivity index (χ1v) is 4.56. The number of unbranched alkanes of at least 4 members (excludes halogenated alkanes) is 4. The summed E-state index contributed by atoms with van der Waals surface area (Å²) in [5.41, 5.74) is 0. The Labute approximate surface area is 111 Å². The molecule has 0 amide bonds. The average Bonchev–Trinajstić information content (AvgIpc) is 2.01. The summed E-state index contributed by atoms with van der Waals surface area (Å²) in [6, 6.07) is 0. The third-order valence-corrected chi connectivity index (χ3v) is 1.78. The van der Waals surface area contributed by atoms with Crippen LogP contribution in [0, 0.1) is 0 Å². The molecular weight excluding hydrogens is 332 g/mol. The summed E-state index contributed by atoms with van der Waals surface area (Å²) >= 11 is 0. The topological polar surface area (TPSA) is 74.6 Å². The standard InChI is InChI=1S/C9H16O4.2BrH/c10-8(11)6-4-2-1-3-5-7-9(12)13;;/h1-7H2,(H,10,11)(H,12,13);2*1H. The molecule has 0 aromatic heterocycles. The van der Waals surface area contributed by atoms with Crippen LogP contribution in [0.3, 0.4) is 0 Å². The Hall–Kier alpha value is -0.100. The lowest BCUT2D eigenvalue weighted by molar-refractivity contribution is -0.138. The van der Waals surface area contributed by atoms with Gasteiger partial charge in [-0.15, -0.1) is 34.0 Å². The number of carboxylic acid groups (broad SMARTS) is 2. The summed E-state index contributed by atoms with van der Waals surface area (Å²) in [5, 5.41) is 16.6. The highest BCUT2D eigenvalue weighted by molar-refractivity contribution is 8.93. The fraction of sp³-hybridized carbons (Fsp3) is 0.778. The summed E-state index contributed by atoms with van der Waals surface area (Å²) in [4.78, 5) is 20.2. The van der Waals surface area contributed by atoms with Gasteiger partial charge in [0.15, 0.2) is 0 Å². The Bertz CT molecular complexity index is 155. The van der Waals surface area contributed by atoms with E-state index in [2.05, 4.69) is 0 Å². The monoisotopic (exact) mass is 348 g/mol. The van der Waals surface area contributed by atoms with E-state index in [0.29, 0.717) is 12.8 Å². The van der Waals surface area contributed by atoms with Crippen molar-refractivity contribution in [3.63, 3.8) is 0 Å². The second-order valence-corrected chi connectivity index (χ2v) is 3.06. The van der Waals surface area contributed by atoms with Crippen LogP contribution < -0.4 is 0 Å². The Morgan fingerprint density at radius 1 is 0.667 bits per heavy atom. The molecule has 0 aliphatic heterocycles. The molecule has 6 heteroatoms. The van der Waals surface area contributed by atoms with Crippen LogP contribution in [-0.2, 0) is 9.59 Å². The smallest absolute Gasteiger partial charge is 0.303 e. The first-order valence-electron chi connectivity index (χ1n) is 4.56. The molecule has 0 atom stereocenters. The van der Waals surface area contributed by atoms with Crippen LogP contribution in [0.5, 0.6) is 0 Å². The summed E-state index contributed by atoms with van der Waals surface area (Å²) in [7, 11) is 0. The van der Waals surface area contributed by atoms with E-state index in [1.807, 2.05) is 0 Å². The molecule has 15 heavy (non-hydrogen) atoms. The molecule has 0 radical (unpaired) electrons. The van der Waals surface area contributed by atoms with E-state index in [4.69, 9.17) is 10.2 Å². The van der Waals surface area contributed by atoms with E-state index in [0.717, 1.165) is 19.3 Å². The number of carboxylic acids is 2. The molecule has 0 rings (SSSR count). The van der Waals surface area contributed by atoms with Crippen molar-refractivity contribution in [2.24, 2.45) is 0 Å². The van der Waals surface area contributed by atoms with Gasteiger partial charge < -0.3 is 10.2 Å². The number of carbonyl (C=O) groups is 2. The van der Waals surface area contributed by atoms with Crippen LogP contribution in [0.4, 0.5) is 0 Å². The molecular formula is C9H18Br2O4. The minimum absolute atomic E-state index is 0. The van der Waals surface area contributed by atoms with Gasteiger partial charge in [-0.2, -0.15) is 0 Å². The van der Waals surface area contributed by atoms with Gasteiger partial charge in [-0.05, 0) is 12.8 Å². The van der Waals surface area contributed by atoms with Crippen LogP contribution in [0.25, 0.3) is 0 Å². The molecule has 0 bridgehead atoms. The second-order valence-electron chi connectivity index (χ2n) is 3.06. The van der Waals surface area contributed by atoms with E-state index in [-0.39, 0.29) is 46.8 Å². The summed E-state index contributed by atoms with van der Waals surface area (Å²) in [5.74, 6) is -1.52. The van der Waals surface area contributed by atoms with Gasteiger partial charge in [-0.1, -0.05) is 19.3 Å². The minimum atomic E-state index is -0.759. The lowest BCUT2D eigenvalue weighted by atomic mass is 10.1. The molecule has 0 aromatic rings. The minimum Gasteiger partial charge on any atom is -0.481 e. The molecule has 0 fully saturated rings. The van der Waals surface area contributed by atoms with Gasteiger partial charge in [0.25, 0.3) is 0 Å². The maximum Gasteiger partial charge on any atom is 0.303 e. The van der Waals surface area contributed by atoms with Crippen LogP contribution >= 0.6 is 34.0 Å². The number of halogens is 2. The van der Waals surface area contributed by atoms with E-state index in [1.165, 1.54) is 0 Å². The Balaban J connectivity index is -0.000000720.